The molecule has 0 bridgehead atoms. The molecule has 0 aliphatic carbocycles. The van der Waals surface area contributed by atoms with E-state index in [4.69, 9.17) is 0 Å². The van der Waals surface area contributed by atoms with Gasteiger partial charge in [-0.2, -0.15) is 0 Å². The number of fused-ring (bicyclic) bond motifs is 1. The molecule has 1 aliphatic heterocycles. The Labute approximate surface area is 197 Å². The highest BCUT2D eigenvalue weighted by atomic mass is 79.9. The zero-order chi connectivity index (χ0) is 21.9. The van der Waals surface area contributed by atoms with Crippen molar-refractivity contribution < 1.29 is 4.79 Å². The summed E-state index contributed by atoms with van der Waals surface area (Å²) in [5.41, 5.74) is 3.35. The maximum absolute atomic E-state index is 13.4. The molecule has 0 spiro atoms. The van der Waals surface area contributed by atoms with Crippen LogP contribution < -0.4 is 0 Å². The summed E-state index contributed by atoms with van der Waals surface area (Å²) in [6.07, 6.45) is 0. The van der Waals surface area contributed by atoms with E-state index in [9.17, 15) is 4.79 Å². The van der Waals surface area contributed by atoms with Crippen molar-refractivity contribution in [1.82, 2.24) is 9.80 Å². The molecule has 1 fully saturated rings. The van der Waals surface area contributed by atoms with E-state index in [1.807, 2.05) is 35.2 Å². The molecule has 1 saturated heterocycles. The summed E-state index contributed by atoms with van der Waals surface area (Å²) in [6, 6.07) is 33.5. The Morgan fingerprint density at radius 1 is 0.688 bits per heavy atom. The van der Waals surface area contributed by atoms with Crippen LogP contribution in [0.1, 0.15) is 27.5 Å². The number of carbonyl (C=O) groups is 1. The highest BCUT2D eigenvalue weighted by molar-refractivity contribution is 9.10. The van der Waals surface area contributed by atoms with E-state index >= 15 is 0 Å². The second kappa shape index (κ2) is 9.27. The molecule has 32 heavy (non-hydrogen) atoms. The Balaban J connectivity index is 1.37. The number of carbonyl (C=O) groups excluding carboxylic acids is 1. The molecule has 0 unspecified atom stereocenters. The summed E-state index contributed by atoms with van der Waals surface area (Å²) in [5.74, 6) is 0.126. The van der Waals surface area contributed by atoms with Gasteiger partial charge in [0.2, 0.25) is 0 Å². The van der Waals surface area contributed by atoms with Gasteiger partial charge in [-0.3, -0.25) is 9.69 Å². The summed E-state index contributed by atoms with van der Waals surface area (Å²) in [5, 5.41) is 2.14. The normalized spacial score (nSPS) is 15.6. The second-order valence-corrected chi connectivity index (χ2v) is 9.14. The van der Waals surface area contributed by atoms with E-state index < -0.39 is 0 Å². The molecule has 1 amide bonds. The van der Waals surface area contributed by atoms with Gasteiger partial charge in [0.15, 0.2) is 0 Å². The number of hydrogen-bond acceptors (Lipinski definition) is 2. The van der Waals surface area contributed by atoms with E-state index in [0.717, 1.165) is 47.0 Å². The average Bonchev–Trinajstić information content (AvgIpc) is 2.86. The predicted octanol–water partition coefficient (Wildman–Crippen LogP) is 6.15. The van der Waals surface area contributed by atoms with Crippen LogP contribution in [0.25, 0.3) is 10.8 Å². The number of benzene rings is 4. The molecule has 0 radical (unpaired) electrons. The lowest BCUT2D eigenvalue weighted by molar-refractivity contribution is 0.0599. The third-order valence-electron chi connectivity index (χ3n) is 6.29. The Morgan fingerprint density at radius 3 is 2.06 bits per heavy atom. The number of piperazine rings is 1. The number of halogens is 1. The van der Waals surface area contributed by atoms with Crippen molar-refractivity contribution in [3.05, 3.63) is 118 Å². The molecule has 5 rings (SSSR count). The molecular formula is C28H25BrN2O. The van der Waals surface area contributed by atoms with E-state index in [1.54, 1.807) is 0 Å². The first kappa shape index (κ1) is 20.9. The molecule has 4 aromatic carbocycles. The Morgan fingerprint density at radius 2 is 1.31 bits per heavy atom. The Hall–Kier alpha value is -2.95. The van der Waals surface area contributed by atoms with Gasteiger partial charge < -0.3 is 4.90 Å². The maximum Gasteiger partial charge on any atom is 0.254 e. The van der Waals surface area contributed by atoms with Crippen molar-refractivity contribution in [3.8, 4) is 0 Å². The fourth-order valence-corrected chi connectivity index (χ4v) is 4.92. The van der Waals surface area contributed by atoms with Crippen LogP contribution in [0.2, 0.25) is 0 Å². The Bertz CT molecular complexity index is 1210. The van der Waals surface area contributed by atoms with Crippen LogP contribution in [0.5, 0.6) is 0 Å². The number of rotatable bonds is 4. The summed E-state index contributed by atoms with van der Waals surface area (Å²) < 4.78 is 1.08. The number of nitrogens with zero attached hydrogens (tertiary/aromatic N) is 2. The smallest absolute Gasteiger partial charge is 0.254 e. The van der Waals surface area contributed by atoms with Crippen LogP contribution >= 0.6 is 15.9 Å². The van der Waals surface area contributed by atoms with Crippen molar-refractivity contribution in [3.63, 3.8) is 0 Å². The minimum Gasteiger partial charge on any atom is -0.336 e. The van der Waals surface area contributed by atoms with Crippen molar-refractivity contribution in [2.45, 2.75) is 6.04 Å². The maximum atomic E-state index is 13.4. The summed E-state index contributed by atoms with van der Waals surface area (Å²) in [7, 11) is 0. The zero-order valence-electron chi connectivity index (χ0n) is 17.8. The quantitative estimate of drug-likeness (QED) is 0.346. The SMILES string of the molecule is O=C(c1cccc2ccccc12)N1CCN([C@@H](c2ccccc2)c2ccc(Br)cc2)CC1. The third kappa shape index (κ3) is 4.21. The largest absolute Gasteiger partial charge is 0.336 e. The fourth-order valence-electron chi connectivity index (χ4n) is 4.66. The minimum atomic E-state index is 0.126. The van der Waals surface area contributed by atoms with Crippen molar-refractivity contribution in [2.75, 3.05) is 26.2 Å². The van der Waals surface area contributed by atoms with Gasteiger partial charge in [-0.1, -0.05) is 94.8 Å². The standard InChI is InChI=1S/C28H25BrN2O/c29-24-15-13-23(14-16-24)27(22-8-2-1-3-9-22)30-17-19-31(20-18-30)28(32)26-12-6-10-21-7-4-5-11-25(21)26/h1-16,27H,17-20H2/t27-/m0/s1. The number of amides is 1. The fraction of sp³-hybridized carbons (Fsp3) is 0.179. The van der Waals surface area contributed by atoms with Gasteiger partial charge in [-0.05, 0) is 40.1 Å². The van der Waals surface area contributed by atoms with Crippen LogP contribution in [-0.2, 0) is 0 Å². The van der Waals surface area contributed by atoms with Crippen molar-refractivity contribution in [2.24, 2.45) is 0 Å². The number of hydrogen-bond donors (Lipinski definition) is 0. The van der Waals surface area contributed by atoms with Gasteiger partial charge in [0, 0.05) is 36.2 Å². The van der Waals surface area contributed by atoms with Gasteiger partial charge in [-0.15, -0.1) is 0 Å². The molecule has 0 aromatic heterocycles. The summed E-state index contributed by atoms with van der Waals surface area (Å²) >= 11 is 3.55. The highest BCUT2D eigenvalue weighted by Crippen LogP contribution is 2.31. The molecule has 0 saturated carbocycles. The molecule has 1 aliphatic rings. The van der Waals surface area contributed by atoms with E-state index in [-0.39, 0.29) is 11.9 Å². The zero-order valence-corrected chi connectivity index (χ0v) is 19.4. The third-order valence-corrected chi connectivity index (χ3v) is 6.82. The summed E-state index contributed by atoms with van der Waals surface area (Å²) in [6.45, 7) is 3.13. The van der Waals surface area contributed by atoms with Gasteiger partial charge in [0.1, 0.15) is 0 Å². The van der Waals surface area contributed by atoms with Gasteiger partial charge in [-0.25, -0.2) is 0 Å². The molecule has 1 heterocycles. The van der Waals surface area contributed by atoms with Crippen molar-refractivity contribution >= 4 is 32.6 Å². The monoisotopic (exact) mass is 484 g/mol. The van der Waals surface area contributed by atoms with E-state index in [1.165, 1.54) is 11.1 Å². The predicted molar refractivity (Wildman–Crippen MR) is 134 cm³/mol. The van der Waals surface area contributed by atoms with Crippen molar-refractivity contribution in [1.29, 1.82) is 0 Å². The van der Waals surface area contributed by atoms with Gasteiger partial charge >= 0.3 is 0 Å². The van der Waals surface area contributed by atoms with Crippen LogP contribution in [0, 0.1) is 0 Å². The lowest BCUT2D eigenvalue weighted by Gasteiger charge is -2.40. The molecule has 160 valence electrons. The first-order valence-electron chi connectivity index (χ1n) is 11.0. The molecule has 3 nitrogen and oxygen atoms in total. The highest BCUT2D eigenvalue weighted by Gasteiger charge is 2.29. The first-order valence-corrected chi connectivity index (χ1v) is 11.8. The van der Waals surface area contributed by atoms with Gasteiger partial charge in [0.05, 0.1) is 6.04 Å². The second-order valence-electron chi connectivity index (χ2n) is 8.22. The lowest BCUT2D eigenvalue weighted by Crippen LogP contribution is -2.49. The summed E-state index contributed by atoms with van der Waals surface area (Å²) in [4.78, 5) is 17.9. The van der Waals surface area contributed by atoms with Crippen LogP contribution in [0.15, 0.2) is 102 Å². The average molecular weight is 485 g/mol. The molecule has 0 N–H and O–H groups in total. The molecule has 4 aromatic rings. The molecular weight excluding hydrogens is 460 g/mol. The topological polar surface area (TPSA) is 23.6 Å². The molecule has 4 heteroatoms. The van der Waals surface area contributed by atoms with Crippen LogP contribution in [0.3, 0.4) is 0 Å². The Kier molecular flexibility index (Phi) is 6.06. The lowest BCUT2D eigenvalue weighted by atomic mass is 9.96. The van der Waals surface area contributed by atoms with E-state index in [0.29, 0.717) is 0 Å². The minimum absolute atomic E-state index is 0.126. The first-order chi connectivity index (χ1) is 15.7. The van der Waals surface area contributed by atoms with Crippen LogP contribution in [0.4, 0.5) is 0 Å². The van der Waals surface area contributed by atoms with Gasteiger partial charge in [0.25, 0.3) is 5.91 Å². The van der Waals surface area contributed by atoms with Crippen LogP contribution in [-0.4, -0.2) is 41.9 Å². The molecule has 1 atom stereocenters. The van der Waals surface area contributed by atoms with E-state index in [2.05, 4.69) is 87.6 Å².